The van der Waals surface area contributed by atoms with Crippen molar-refractivity contribution in [1.82, 2.24) is 0 Å². The average molecular weight is 849 g/mol. The van der Waals surface area contributed by atoms with Crippen LogP contribution in [0.15, 0.2) is 72.9 Å². The Bertz CT molecular complexity index is 1230. The van der Waals surface area contributed by atoms with E-state index in [1.165, 1.54) is 38.5 Å². The first kappa shape index (κ1) is 56.5. The second-order valence-corrected chi connectivity index (χ2v) is 17.9. The monoisotopic (exact) mass is 849 g/mol. The molecule has 0 aliphatic heterocycles. The smallest absolute Gasteiger partial charge is 0.462 e. The number of likely N-dealkylation sites (N-methyl/N-ethyl adjacent to an activating group) is 1. The predicted molar refractivity (Wildman–Crippen MR) is 247 cm³/mol. The fourth-order valence-electron chi connectivity index (χ4n) is 5.86. The van der Waals surface area contributed by atoms with Gasteiger partial charge in [-0.15, -0.1) is 0 Å². The third-order valence-corrected chi connectivity index (χ3v) is 10.5. The summed E-state index contributed by atoms with van der Waals surface area (Å²) in [5, 5.41) is 0. The van der Waals surface area contributed by atoms with Crippen molar-refractivity contribution in [2.45, 2.75) is 180 Å². The van der Waals surface area contributed by atoms with Gasteiger partial charge in [-0.3, -0.25) is 18.6 Å². The number of ether oxygens (including phenoxy) is 2. The molecule has 59 heavy (non-hydrogen) atoms. The second-order valence-electron chi connectivity index (χ2n) is 16.4. The normalized spacial score (nSPS) is 14.2. The van der Waals surface area contributed by atoms with E-state index in [1.54, 1.807) is 0 Å². The number of quaternary nitrogens is 1. The molecule has 0 aliphatic carbocycles. The van der Waals surface area contributed by atoms with Crippen LogP contribution in [0.5, 0.6) is 0 Å². The van der Waals surface area contributed by atoms with Crippen LogP contribution < -0.4 is 0 Å². The summed E-state index contributed by atoms with van der Waals surface area (Å²) in [6, 6.07) is 0. The summed E-state index contributed by atoms with van der Waals surface area (Å²) in [6.45, 7) is 4.25. The van der Waals surface area contributed by atoms with E-state index in [9.17, 15) is 19.0 Å². The first-order valence-electron chi connectivity index (χ1n) is 23.2. The highest BCUT2D eigenvalue weighted by Crippen LogP contribution is 2.43. The molecule has 0 amide bonds. The van der Waals surface area contributed by atoms with Gasteiger partial charge in [0.1, 0.15) is 19.8 Å². The summed E-state index contributed by atoms with van der Waals surface area (Å²) in [7, 11) is 1.45. The molecule has 2 atom stereocenters. The molecule has 0 heterocycles. The Morgan fingerprint density at radius 2 is 0.966 bits per heavy atom. The van der Waals surface area contributed by atoms with Crippen LogP contribution in [0.2, 0.25) is 0 Å². The molecule has 9 nitrogen and oxygen atoms in total. The van der Waals surface area contributed by atoms with Gasteiger partial charge in [-0.1, -0.05) is 151 Å². The SMILES string of the molecule is CC/C=C\C/C=C\C/C=C\C/C=C\C/C=C\CCCCCCCC(=O)OC(COC(=O)CCCCCCC/C=C\CCCCCCC)COP(=O)(O)OCC[N+](C)(C)C. The van der Waals surface area contributed by atoms with E-state index in [0.29, 0.717) is 17.4 Å². The van der Waals surface area contributed by atoms with Gasteiger partial charge in [-0.05, 0) is 83.5 Å². The molecule has 0 spiro atoms. The predicted octanol–water partition coefficient (Wildman–Crippen LogP) is 13.4. The minimum Gasteiger partial charge on any atom is -0.462 e. The maximum absolute atomic E-state index is 12.7. The van der Waals surface area contributed by atoms with E-state index < -0.39 is 26.5 Å². The zero-order valence-corrected chi connectivity index (χ0v) is 39.1. The molecular weight excluding hydrogens is 762 g/mol. The highest BCUT2D eigenvalue weighted by Gasteiger charge is 2.27. The minimum absolute atomic E-state index is 0.0227. The van der Waals surface area contributed by atoms with Crippen molar-refractivity contribution in [1.29, 1.82) is 0 Å². The van der Waals surface area contributed by atoms with E-state index in [0.717, 1.165) is 103 Å². The molecule has 0 saturated carbocycles. The van der Waals surface area contributed by atoms with Crippen molar-refractivity contribution in [2.75, 3.05) is 47.5 Å². The standard InChI is InChI=1S/C49H86NO8P/c1-6-8-10-12-14-16-18-20-22-23-24-25-26-27-28-30-32-34-36-38-40-42-49(52)58-47(46-57-59(53,54)56-44-43-50(3,4)5)45-55-48(51)41-39-37-35-33-31-29-21-19-17-15-13-11-9-7-2/h8,10,14,16,19-22,24-25,27-28,47H,6-7,9,11-13,15,17-18,23,26,29-46H2,1-5H3/p+1/b10-8-,16-14-,21-19-,22-20-,25-24-,28-27-. The molecule has 0 aromatic heterocycles. The minimum atomic E-state index is -4.39. The number of phosphoric acid groups is 1. The molecule has 0 aliphatic rings. The van der Waals surface area contributed by atoms with Crippen molar-refractivity contribution in [3.8, 4) is 0 Å². The zero-order chi connectivity index (χ0) is 43.6. The van der Waals surface area contributed by atoms with Crippen LogP contribution in [0.3, 0.4) is 0 Å². The molecule has 0 radical (unpaired) electrons. The van der Waals surface area contributed by atoms with Crippen LogP contribution in [0.1, 0.15) is 174 Å². The van der Waals surface area contributed by atoms with E-state index in [2.05, 4.69) is 86.8 Å². The zero-order valence-electron chi connectivity index (χ0n) is 38.2. The van der Waals surface area contributed by atoms with Crippen molar-refractivity contribution in [3.63, 3.8) is 0 Å². The van der Waals surface area contributed by atoms with Gasteiger partial charge in [-0.2, -0.15) is 0 Å². The maximum atomic E-state index is 12.7. The lowest BCUT2D eigenvalue weighted by Gasteiger charge is -2.24. The van der Waals surface area contributed by atoms with E-state index in [-0.39, 0.29) is 32.0 Å². The molecule has 0 saturated heterocycles. The summed E-state index contributed by atoms with van der Waals surface area (Å²) >= 11 is 0. The highest BCUT2D eigenvalue weighted by molar-refractivity contribution is 7.47. The Morgan fingerprint density at radius 3 is 1.46 bits per heavy atom. The molecule has 10 heteroatoms. The van der Waals surface area contributed by atoms with Gasteiger partial charge in [-0.25, -0.2) is 4.57 Å². The summed E-state index contributed by atoms with van der Waals surface area (Å²) in [6.07, 6.45) is 50.9. The number of esters is 2. The first-order chi connectivity index (χ1) is 28.5. The highest BCUT2D eigenvalue weighted by atomic mass is 31.2. The molecule has 0 fully saturated rings. The van der Waals surface area contributed by atoms with Crippen LogP contribution in [0.25, 0.3) is 0 Å². The number of carbonyl (C=O) groups is 2. The van der Waals surface area contributed by atoms with Gasteiger partial charge < -0.3 is 18.9 Å². The van der Waals surface area contributed by atoms with Gasteiger partial charge in [0, 0.05) is 12.8 Å². The number of phosphoric ester groups is 1. The summed E-state index contributed by atoms with van der Waals surface area (Å²) < 4.78 is 34.3. The lowest BCUT2D eigenvalue weighted by Crippen LogP contribution is -2.37. The number of hydrogen-bond donors (Lipinski definition) is 1. The Balaban J connectivity index is 4.39. The van der Waals surface area contributed by atoms with Crippen molar-refractivity contribution in [2.24, 2.45) is 0 Å². The number of carbonyl (C=O) groups excluding carboxylic acids is 2. The van der Waals surface area contributed by atoms with Gasteiger partial charge in [0.05, 0.1) is 27.7 Å². The van der Waals surface area contributed by atoms with Crippen molar-refractivity contribution >= 4 is 19.8 Å². The van der Waals surface area contributed by atoms with Crippen molar-refractivity contribution < 1.29 is 42.1 Å². The number of allylic oxidation sites excluding steroid dienone is 12. The molecule has 0 aromatic carbocycles. The lowest BCUT2D eigenvalue weighted by molar-refractivity contribution is -0.870. The number of nitrogens with zero attached hydrogens (tertiary/aromatic N) is 1. The molecule has 0 rings (SSSR count). The largest absolute Gasteiger partial charge is 0.472 e. The van der Waals surface area contributed by atoms with Gasteiger partial charge in [0.15, 0.2) is 6.10 Å². The lowest BCUT2D eigenvalue weighted by atomic mass is 10.1. The molecule has 2 unspecified atom stereocenters. The molecule has 0 bridgehead atoms. The Hall–Kier alpha value is -2.55. The fourth-order valence-corrected chi connectivity index (χ4v) is 6.60. The Kier molecular flexibility index (Phi) is 39.1. The van der Waals surface area contributed by atoms with E-state index in [1.807, 2.05) is 21.1 Å². The molecular formula is C49H87NO8P+. The molecule has 340 valence electrons. The Labute approximate surface area is 361 Å². The maximum Gasteiger partial charge on any atom is 0.472 e. The Morgan fingerprint density at radius 1 is 0.542 bits per heavy atom. The van der Waals surface area contributed by atoms with Crippen LogP contribution in [-0.4, -0.2) is 74.9 Å². The average Bonchev–Trinajstić information content (AvgIpc) is 3.19. The topological polar surface area (TPSA) is 108 Å². The third-order valence-electron chi connectivity index (χ3n) is 9.47. The van der Waals surface area contributed by atoms with Crippen LogP contribution >= 0.6 is 7.82 Å². The molecule has 1 N–H and O–H groups in total. The van der Waals surface area contributed by atoms with Crippen LogP contribution in [-0.2, 0) is 32.7 Å². The van der Waals surface area contributed by atoms with E-state index >= 15 is 0 Å². The van der Waals surface area contributed by atoms with Gasteiger partial charge >= 0.3 is 19.8 Å². The summed E-state index contributed by atoms with van der Waals surface area (Å²) in [4.78, 5) is 35.4. The third kappa shape index (κ3) is 44.8. The summed E-state index contributed by atoms with van der Waals surface area (Å²) in [5.74, 6) is -0.835. The van der Waals surface area contributed by atoms with Crippen LogP contribution in [0, 0.1) is 0 Å². The molecule has 0 aromatic rings. The summed E-state index contributed by atoms with van der Waals surface area (Å²) in [5.41, 5.74) is 0. The van der Waals surface area contributed by atoms with Gasteiger partial charge in [0.25, 0.3) is 0 Å². The fraction of sp³-hybridized carbons (Fsp3) is 0.714. The number of rotatable bonds is 41. The second kappa shape index (κ2) is 40.8. The first-order valence-corrected chi connectivity index (χ1v) is 24.7. The van der Waals surface area contributed by atoms with Crippen molar-refractivity contribution in [3.05, 3.63) is 72.9 Å². The van der Waals surface area contributed by atoms with Crippen LogP contribution in [0.4, 0.5) is 0 Å². The quantitative estimate of drug-likeness (QED) is 0.0213. The van der Waals surface area contributed by atoms with Gasteiger partial charge in [0.2, 0.25) is 0 Å². The number of hydrogen-bond acceptors (Lipinski definition) is 7. The number of unbranched alkanes of at least 4 members (excludes halogenated alkanes) is 15. The van der Waals surface area contributed by atoms with E-state index in [4.69, 9.17) is 18.5 Å².